The largest absolute Gasteiger partial charge is 0.528 e. The van der Waals surface area contributed by atoms with Gasteiger partial charge in [0.05, 0.1) is 5.41 Å². The first-order valence-electron chi connectivity index (χ1n) is 9.29. The van der Waals surface area contributed by atoms with Crippen LogP contribution in [-0.2, 0) is 9.22 Å². The summed E-state index contributed by atoms with van der Waals surface area (Å²) in [6, 6.07) is 0. The Morgan fingerprint density at radius 3 is 2.19 bits per heavy atom. The molecule has 2 unspecified atom stereocenters. The predicted octanol–water partition coefficient (Wildman–Crippen LogP) is 4.00. The molecule has 0 heterocycles. The van der Waals surface area contributed by atoms with Crippen molar-refractivity contribution in [1.29, 1.82) is 0 Å². The Balaban J connectivity index is 2.35. The summed E-state index contributed by atoms with van der Waals surface area (Å²) >= 11 is 0. The fourth-order valence-corrected chi connectivity index (χ4v) is 5.91. The summed E-state index contributed by atoms with van der Waals surface area (Å²) in [6.45, 7) is 4.53. The summed E-state index contributed by atoms with van der Waals surface area (Å²) in [5.41, 5.74) is -0.163. The van der Waals surface area contributed by atoms with Crippen molar-refractivity contribution < 1.29 is 9.22 Å². The van der Waals surface area contributed by atoms with Crippen LogP contribution in [0.15, 0.2) is 0 Å². The number of carbonyl (C=O) groups excluding carboxylic acids is 1. The van der Waals surface area contributed by atoms with E-state index in [1.807, 2.05) is 0 Å². The Labute approximate surface area is 134 Å². The van der Waals surface area contributed by atoms with Crippen LogP contribution in [0.3, 0.4) is 0 Å². The van der Waals surface area contributed by atoms with Gasteiger partial charge in [0.2, 0.25) is 10.5 Å². The summed E-state index contributed by atoms with van der Waals surface area (Å²) in [7, 11) is 0.544. The average molecular weight is 311 g/mol. The number of carbonyl (C=O) groups is 1. The maximum absolute atomic E-state index is 12.9. The van der Waals surface area contributed by atoms with E-state index in [4.69, 9.17) is 4.43 Å². The molecule has 3 heteroatoms. The SMILES string of the molecule is CCCC(C1CCCC1)C(CC)(C(=O)O[SiH3])C1CCCC1. The first-order valence-corrected chi connectivity index (χ1v) is 10.1. The number of hydrogen-bond acceptors (Lipinski definition) is 2. The fraction of sp³-hybridized carbons (Fsp3) is 0.944. The first kappa shape index (κ1) is 17.0. The van der Waals surface area contributed by atoms with Gasteiger partial charge in [-0.2, -0.15) is 0 Å². The van der Waals surface area contributed by atoms with E-state index < -0.39 is 0 Å². The summed E-state index contributed by atoms with van der Waals surface area (Å²) in [6.07, 6.45) is 13.9. The molecule has 0 spiro atoms. The van der Waals surface area contributed by atoms with Gasteiger partial charge in [-0.3, -0.25) is 4.79 Å². The summed E-state index contributed by atoms with van der Waals surface area (Å²) in [5.74, 6) is 2.08. The van der Waals surface area contributed by atoms with Gasteiger partial charge >= 0.3 is 0 Å². The van der Waals surface area contributed by atoms with Crippen LogP contribution in [-0.4, -0.2) is 16.5 Å². The maximum atomic E-state index is 12.9. The van der Waals surface area contributed by atoms with Crippen LogP contribution in [0.1, 0.15) is 84.5 Å². The summed E-state index contributed by atoms with van der Waals surface area (Å²) < 4.78 is 5.51. The van der Waals surface area contributed by atoms with E-state index in [-0.39, 0.29) is 11.4 Å². The molecule has 2 nitrogen and oxygen atoms in total. The van der Waals surface area contributed by atoms with Crippen molar-refractivity contribution in [3.05, 3.63) is 0 Å². The van der Waals surface area contributed by atoms with E-state index in [2.05, 4.69) is 13.8 Å². The standard InChI is InChI=1S/C18H34O2Si/c1-3-9-16(14-10-5-6-11-14)18(4-2,17(19)20-21)15-12-7-8-13-15/h14-16H,3-13H2,1-2,21H3. The lowest BCUT2D eigenvalue weighted by Crippen LogP contribution is -2.47. The molecule has 0 aromatic heterocycles. The van der Waals surface area contributed by atoms with Crippen molar-refractivity contribution in [3.63, 3.8) is 0 Å². The smallest absolute Gasteiger partial charge is 0.298 e. The van der Waals surface area contributed by atoms with Gasteiger partial charge in [-0.05, 0) is 43.4 Å². The molecule has 0 aromatic carbocycles. The molecule has 0 saturated heterocycles. The summed E-state index contributed by atoms with van der Waals surface area (Å²) in [5, 5.41) is 0. The number of rotatable bonds is 7. The average Bonchev–Trinajstić information content (AvgIpc) is 3.20. The van der Waals surface area contributed by atoms with E-state index >= 15 is 0 Å². The van der Waals surface area contributed by atoms with Crippen LogP contribution in [0.25, 0.3) is 0 Å². The third-order valence-corrected chi connectivity index (χ3v) is 6.84. The van der Waals surface area contributed by atoms with Crippen molar-refractivity contribution in [1.82, 2.24) is 0 Å². The fourth-order valence-electron chi connectivity index (χ4n) is 5.53. The lowest BCUT2D eigenvalue weighted by Gasteiger charge is -2.45. The Hall–Kier alpha value is -0.313. The Bertz CT molecular complexity index is 332. The highest BCUT2D eigenvalue weighted by molar-refractivity contribution is 6.06. The van der Waals surface area contributed by atoms with E-state index in [1.54, 1.807) is 0 Å². The third kappa shape index (κ3) is 3.23. The van der Waals surface area contributed by atoms with Crippen LogP contribution in [0.5, 0.6) is 0 Å². The molecule has 122 valence electrons. The molecule has 2 rings (SSSR count). The van der Waals surface area contributed by atoms with E-state index in [0.29, 0.717) is 22.3 Å². The number of hydrogen-bond donors (Lipinski definition) is 0. The van der Waals surface area contributed by atoms with Crippen molar-refractivity contribution in [2.75, 3.05) is 0 Å². The second-order valence-electron chi connectivity index (χ2n) is 7.31. The first-order chi connectivity index (χ1) is 10.2. The molecule has 2 aliphatic rings. The van der Waals surface area contributed by atoms with Crippen LogP contribution >= 0.6 is 0 Å². The minimum Gasteiger partial charge on any atom is -0.528 e. The molecule has 2 aliphatic carbocycles. The maximum Gasteiger partial charge on any atom is 0.298 e. The van der Waals surface area contributed by atoms with Crippen molar-refractivity contribution in [3.8, 4) is 0 Å². The minimum atomic E-state index is -0.163. The predicted molar refractivity (Wildman–Crippen MR) is 91.1 cm³/mol. The van der Waals surface area contributed by atoms with Gasteiger partial charge in [0.25, 0.3) is 5.97 Å². The van der Waals surface area contributed by atoms with Crippen molar-refractivity contribution in [2.24, 2.45) is 23.2 Å². The van der Waals surface area contributed by atoms with Crippen molar-refractivity contribution >= 4 is 16.5 Å². The van der Waals surface area contributed by atoms with Gasteiger partial charge in [0, 0.05) is 0 Å². The molecule has 2 saturated carbocycles. The molecule has 0 N–H and O–H groups in total. The minimum absolute atomic E-state index is 0.161. The Morgan fingerprint density at radius 1 is 1.14 bits per heavy atom. The molecular formula is C18H34O2Si. The second kappa shape index (κ2) is 7.80. The van der Waals surface area contributed by atoms with E-state index in [1.165, 1.54) is 64.2 Å². The molecule has 0 bridgehead atoms. The zero-order chi connectivity index (χ0) is 15.3. The van der Waals surface area contributed by atoms with Crippen LogP contribution < -0.4 is 0 Å². The molecule has 2 fully saturated rings. The van der Waals surface area contributed by atoms with Crippen molar-refractivity contribution in [2.45, 2.75) is 84.5 Å². The highest BCUT2D eigenvalue weighted by Gasteiger charge is 2.53. The highest BCUT2D eigenvalue weighted by Crippen LogP contribution is 2.54. The lowest BCUT2D eigenvalue weighted by atomic mass is 9.58. The van der Waals surface area contributed by atoms with Gasteiger partial charge in [-0.15, -0.1) is 0 Å². The Kier molecular flexibility index (Phi) is 6.33. The lowest BCUT2D eigenvalue weighted by molar-refractivity contribution is -0.157. The molecule has 0 radical (unpaired) electrons. The van der Waals surface area contributed by atoms with Crippen LogP contribution in [0.2, 0.25) is 0 Å². The third-order valence-electron chi connectivity index (χ3n) is 6.46. The van der Waals surface area contributed by atoms with Crippen LogP contribution in [0.4, 0.5) is 0 Å². The van der Waals surface area contributed by atoms with Gasteiger partial charge in [0.15, 0.2) is 0 Å². The zero-order valence-corrected chi connectivity index (χ0v) is 16.3. The van der Waals surface area contributed by atoms with Gasteiger partial charge in [-0.25, -0.2) is 0 Å². The van der Waals surface area contributed by atoms with E-state index in [9.17, 15) is 4.79 Å². The Morgan fingerprint density at radius 2 is 1.71 bits per heavy atom. The molecule has 0 aliphatic heterocycles. The van der Waals surface area contributed by atoms with E-state index in [0.717, 1.165) is 12.3 Å². The molecule has 2 atom stereocenters. The quantitative estimate of drug-likeness (QED) is 0.664. The van der Waals surface area contributed by atoms with Crippen LogP contribution in [0, 0.1) is 23.2 Å². The normalized spacial score (nSPS) is 25.0. The second-order valence-corrected chi connectivity index (χ2v) is 7.71. The molecular weight excluding hydrogens is 276 g/mol. The van der Waals surface area contributed by atoms with Gasteiger partial charge < -0.3 is 4.43 Å². The topological polar surface area (TPSA) is 26.3 Å². The molecule has 0 amide bonds. The zero-order valence-electron chi connectivity index (χ0n) is 14.3. The molecule has 21 heavy (non-hydrogen) atoms. The van der Waals surface area contributed by atoms with Gasteiger partial charge in [-0.1, -0.05) is 58.8 Å². The molecule has 0 aromatic rings. The van der Waals surface area contributed by atoms with Gasteiger partial charge in [0.1, 0.15) is 0 Å². The monoisotopic (exact) mass is 310 g/mol. The highest BCUT2D eigenvalue weighted by atomic mass is 28.2. The summed E-state index contributed by atoms with van der Waals surface area (Å²) in [4.78, 5) is 12.9.